The number of halogens is 3. The Balaban J connectivity index is 1.85. The van der Waals surface area contributed by atoms with Crippen molar-refractivity contribution < 1.29 is 17.6 Å². The fraction of sp³-hybridized carbons (Fsp3) is 0.667. The summed E-state index contributed by atoms with van der Waals surface area (Å²) in [6, 6.07) is 2.38. The van der Waals surface area contributed by atoms with Crippen molar-refractivity contribution in [1.82, 2.24) is 10.2 Å². The predicted molar refractivity (Wildman–Crippen MR) is 61.0 cm³/mol. The van der Waals surface area contributed by atoms with Gasteiger partial charge in [0.05, 0.1) is 19.4 Å². The highest BCUT2D eigenvalue weighted by Gasteiger charge is 2.29. The van der Waals surface area contributed by atoms with Gasteiger partial charge in [0.25, 0.3) is 0 Å². The fourth-order valence-corrected chi connectivity index (χ4v) is 1.81. The molecule has 102 valence electrons. The minimum Gasteiger partial charge on any atom is -0.468 e. The first-order chi connectivity index (χ1) is 8.44. The molecule has 1 N–H and O–H groups in total. The molecule has 0 spiro atoms. The first kappa shape index (κ1) is 13.4. The van der Waals surface area contributed by atoms with Crippen molar-refractivity contribution in [3.05, 3.63) is 23.7 Å². The fourth-order valence-electron chi connectivity index (χ4n) is 1.81. The second kappa shape index (κ2) is 5.32. The molecule has 6 heteroatoms. The number of hydrogen-bond acceptors (Lipinski definition) is 3. The van der Waals surface area contributed by atoms with Crippen LogP contribution in [0.4, 0.5) is 13.2 Å². The zero-order valence-corrected chi connectivity index (χ0v) is 10.3. The molecule has 1 aromatic rings. The molecule has 1 aliphatic carbocycles. The SMILES string of the molecule is CN(Cc1occc1CNC1CC1)CC(F)(F)F. The maximum atomic E-state index is 12.2. The summed E-state index contributed by atoms with van der Waals surface area (Å²) in [4.78, 5) is 1.21. The number of furan rings is 1. The molecule has 1 saturated carbocycles. The van der Waals surface area contributed by atoms with Crippen molar-refractivity contribution in [3.8, 4) is 0 Å². The van der Waals surface area contributed by atoms with Crippen LogP contribution in [-0.4, -0.2) is 30.7 Å². The summed E-state index contributed by atoms with van der Waals surface area (Å²) in [6.07, 6.45) is -0.281. The van der Waals surface area contributed by atoms with Gasteiger partial charge in [0, 0.05) is 18.2 Å². The average Bonchev–Trinajstić information content (AvgIpc) is 2.95. The molecule has 1 aliphatic rings. The van der Waals surface area contributed by atoms with Crippen molar-refractivity contribution in [3.63, 3.8) is 0 Å². The highest BCUT2D eigenvalue weighted by atomic mass is 19.4. The lowest BCUT2D eigenvalue weighted by Crippen LogP contribution is -2.30. The Bertz CT molecular complexity index is 385. The van der Waals surface area contributed by atoms with Gasteiger partial charge in [0.15, 0.2) is 0 Å². The lowest BCUT2D eigenvalue weighted by atomic mass is 10.2. The topological polar surface area (TPSA) is 28.4 Å². The van der Waals surface area contributed by atoms with Gasteiger partial charge in [-0.05, 0) is 26.0 Å². The molecule has 0 amide bonds. The molecule has 0 unspecified atom stereocenters. The Morgan fingerprint density at radius 2 is 2.17 bits per heavy atom. The van der Waals surface area contributed by atoms with Crippen LogP contribution in [0.15, 0.2) is 16.7 Å². The zero-order valence-electron chi connectivity index (χ0n) is 10.3. The summed E-state index contributed by atoms with van der Waals surface area (Å²) in [5.41, 5.74) is 0.941. The Labute approximate surface area is 104 Å². The molecule has 1 fully saturated rings. The van der Waals surface area contributed by atoms with E-state index in [9.17, 15) is 13.2 Å². The molecule has 1 aromatic heterocycles. The minimum absolute atomic E-state index is 0.175. The normalized spacial score (nSPS) is 16.5. The van der Waals surface area contributed by atoms with Crippen LogP contribution in [-0.2, 0) is 13.1 Å². The summed E-state index contributed by atoms with van der Waals surface area (Å²) < 4.78 is 41.9. The van der Waals surface area contributed by atoms with Crippen molar-refractivity contribution in [2.24, 2.45) is 0 Å². The van der Waals surface area contributed by atoms with Gasteiger partial charge in [-0.15, -0.1) is 0 Å². The van der Waals surface area contributed by atoms with E-state index in [1.165, 1.54) is 31.1 Å². The van der Waals surface area contributed by atoms with Crippen LogP contribution < -0.4 is 5.32 Å². The second-order valence-electron chi connectivity index (χ2n) is 4.81. The van der Waals surface area contributed by atoms with Crippen molar-refractivity contribution in [1.29, 1.82) is 0 Å². The molecular formula is C12H17F3N2O. The lowest BCUT2D eigenvalue weighted by molar-refractivity contribution is -0.144. The maximum Gasteiger partial charge on any atom is 0.401 e. The summed E-state index contributed by atoms with van der Waals surface area (Å²) in [5.74, 6) is 0.606. The minimum atomic E-state index is -4.17. The Morgan fingerprint density at radius 1 is 1.44 bits per heavy atom. The van der Waals surface area contributed by atoms with Gasteiger partial charge in [0.2, 0.25) is 0 Å². The predicted octanol–water partition coefficient (Wildman–Crippen LogP) is 2.53. The zero-order chi connectivity index (χ0) is 13.2. The van der Waals surface area contributed by atoms with Crippen LogP contribution in [0.25, 0.3) is 0 Å². The molecule has 0 aromatic carbocycles. The van der Waals surface area contributed by atoms with E-state index in [1.54, 1.807) is 0 Å². The number of hydrogen-bond donors (Lipinski definition) is 1. The first-order valence-corrected chi connectivity index (χ1v) is 5.98. The molecule has 0 radical (unpaired) electrons. The highest BCUT2D eigenvalue weighted by molar-refractivity contribution is 5.17. The van der Waals surface area contributed by atoms with Crippen molar-refractivity contribution >= 4 is 0 Å². The Hall–Kier alpha value is -1.01. The van der Waals surface area contributed by atoms with E-state index in [0.717, 1.165) is 5.56 Å². The molecule has 0 saturated heterocycles. The Morgan fingerprint density at radius 3 is 2.78 bits per heavy atom. The van der Waals surface area contributed by atoms with E-state index < -0.39 is 12.7 Å². The molecule has 1 heterocycles. The molecule has 0 atom stereocenters. The first-order valence-electron chi connectivity index (χ1n) is 5.98. The van der Waals surface area contributed by atoms with Crippen LogP contribution in [0, 0.1) is 0 Å². The van der Waals surface area contributed by atoms with Crippen LogP contribution >= 0.6 is 0 Å². The molecule has 2 rings (SSSR count). The van der Waals surface area contributed by atoms with Crippen LogP contribution in [0.1, 0.15) is 24.2 Å². The second-order valence-corrected chi connectivity index (χ2v) is 4.81. The smallest absolute Gasteiger partial charge is 0.401 e. The van der Waals surface area contributed by atoms with Gasteiger partial charge >= 0.3 is 6.18 Å². The molecule has 0 bridgehead atoms. The van der Waals surface area contributed by atoms with Crippen molar-refractivity contribution in [2.45, 2.75) is 38.1 Å². The van der Waals surface area contributed by atoms with Crippen LogP contribution in [0.2, 0.25) is 0 Å². The van der Waals surface area contributed by atoms with Crippen molar-refractivity contribution in [2.75, 3.05) is 13.6 Å². The van der Waals surface area contributed by atoms with E-state index in [2.05, 4.69) is 5.32 Å². The third-order valence-corrected chi connectivity index (χ3v) is 2.86. The summed E-state index contributed by atoms with van der Waals surface area (Å²) >= 11 is 0. The molecule has 3 nitrogen and oxygen atoms in total. The summed E-state index contributed by atoms with van der Waals surface area (Å²) in [5, 5.41) is 3.32. The van der Waals surface area contributed by atoms with E-state index in [1.807, 2.05) is 6.07 Å². The number of rotatable bonds is 6. The molecule has 18 heavy (non-hydrogen) atoms. The summed E-state index contributed by atoms with van der Waals surface area (Å²) in [7, 11) is 1.44. The monoisotopic (exact) mass is 262 g/mol. The van der Waals surface area contributed by atoms with Crippen LogP contribution in [0.3, 0.4) is 0 Å². The third kappa shape index (κ3) is 4.34. The lowest BCUT2D eigenvalue weighted by Gasteiger charge is -2.17. The van der Waals surface area contributed by atoms with Gasteiger partial charge in [-0.25, -0.2) is 0 Å². The maximum absolute atomic E-state index is 12.2. The summed E-state index contributed by atoms with van der Waals surface area (Å²) in [6.45, 7) is -0.0895. The van der Waals surface area contributed by atoms with Crippen LogP contribution in [0.5, 0.6) is 0 Å². The van der Waals surface area contributed by atoms with E-state index in [0.29, 0.717) is 18.3 Å². The van der Waals surface area contributed by atoms with Gasteiger partial charge in [-0.3, -0.25) is 4.90 Å². The number of alkyl halides is 3. The Kier molecular flexibility index (Phi) is 3.97. The van der Waals surface area contributed by atoms with Gasteiger partial charge in [-0.2, -0.15) is 13.2 Å². The van der Waals surface area contributed by atoms with E-state index in [4.69, 9.17) is 4.42 Å². The van der Waals surface area contributed by atoms with Gasteiger partial charge in [0.1, 0.15) is 5.76 Å². The van der Waals surface area contributed by atoms with Gasteiger partial charge in [-0.1, -0.05) is 0 Å². The molecular weight excluding hydrogens is 245 g/mol. The quantitative estimate of drug-likeness (QED) is 0.854. The number of nitrogens with zero attached hydrogens (tertiary/aromatic N) is 1. The molecule has 0 aliphatic heterocycles. The van der Waals surface area contributed by atoms with E-state index >= 15 is 0 Å². The number of nitrogens with one attached hydrogen (secondary N) is 1. The highest BCUT2D eigenvalue weighted by Crippen LogP contribution is 2.21. The largest absolute Gasteiger partial charge is 0.468 e. The average molecular weight is 262 g/mol. The van der Waals surface area contributed by atoms with Gasteiger partial charge < -0.3 is 9.73 Å². The third-order valence-electron chi connectivity index (χ3n) is 2.86. The van der Waals surface area contributed by atoms with E-state index in [-0.39, 0.29) is 6.54 Å². The standard InChI is InChI=1S/C12H17F3N2O/c1-17(8-12(13,14)15)7-11-9(4-5-18-11)6-16-10-2-3-10/h4-5,10,16H,2-3,6-8H2,1H3.